The van der Waals surface area contributed by atoms with Crippen LogP contribution in [0.1, 0.15) is 0 Å². The van der Waals surface area contributed by atoms with Gasteiger partial charge in [-0.2, -0.15) is 0 Å². The molecule has 0 fully saturated rings. The van der Waals surface area contributed by atoms with Gasteiger partial charge in [-0.1, -0.05) is 39.3 Å². The molecular weight excluding hydrogens is 556 g/mol. The predicted molar refractivity (Wildman–Crippen MR) is 142 cm³/mol. The van der Waals surface area contributed by atoms with Gasteiger partial charge in [0.2, 0.25) is 0 Å². The Kier molecular flexibility index (Phi) is 4.79. The largest absolute Gasteiger partial charge is 0.422 e. The zero-order valence-corrected chi connectivity index (χ0v) is 21.2. The smallest absolute Gasteiger partial charge is 0.345 e. The normalized spacial score (nSPS) is 11.7. The quantitative estimate of drug-likeness (QED) is 0.284. The van der Waals surface area contributed by atoms with E-state index in [1.54, 1.807) is 48.5 Å². The van der Waals surface area contributed by atoms with Crippen molar-refractivity contribution in [1.82, 2.24) is 50.0 Å². The molecule has 4 aromatic rings. The molecule has 2 aromatic carbocycles. The van der Waals surface area contributed by atoms with Crippen LogP contribution < -0.4 is 11.3 Å². The highest BCUT2D eigenvalue weighted by molar-refractivity contribution is 7.09. The minimum absolute atomic E-state index is 0.0320. The Morgan fingerprint density at radius 2 is 1.25 bits per heavy atom. The number of aromatic nitrogens is 10. The molecule has 0 N–H and O–H groups in total. The zero-order chi connectivity index (χ0) is 26.8. The molecule has 6 heterocycles. The van der Waals surface area contributed by atoms with Gasteiger partial charge in [0, 0.05) is 45.0 Å². The number of rotatable bonds is 3. The molecule has 8 rings (SSSR count). The van der Waals surface area contributed by atoms with Crippen molar-refractivity contribution < 1.29 is 8.83 Å². The average molecular weight is 565 g/mol. The van der Waals surface area contributed by atoms with Crippen LogP contribution in [0.3, 0.4) is 0 Å². The van der Waals surface area contributed by atoms with Gasteiger partial charge in [-0.25, -0.2) is 9.59 Å². The second kappa shape index (κ2) is 8.52. The van der Waals surface area contributed by atoms with Gasteiger partial charge in [-0.15, -0.1) is 30.6 Å². The van der Waals surface area contributed by atoms with Gasteiger partial charge < -0.3 is 8.83 Å². The molecular formula is C24H8N10O4S2. The third-order valence-electron chi connectivity index (χ3n) is 6.29. The Balaban J connectivity index is 1.58. The van der Waals surface area contributed by atoms with E-state index in [4.69, 9.17) is 8.83 Å². The van der Waals surface area contributed by atoms with E-state index in [2.05, 4.69) is 50.0 Å². The van der Waals surface area contributed by atoms with Gasteiger partial charge in [0.05, 0.1) is 11.1 Å². The molecule has 4 aliphatic heterocycles. The molecule has 40 heavy (non-hydrogen) atoms. The molecule has 190 valence electrons. The van der Waals surface area contributed by atoms with Crippen molar-refractivity contribution in [3.8, 4) is 55.0 Å². The Bertz CT molecular complexity index is 2310. The van der Waals surface area contributed by atoms with E-state index in [0.29, 0.717) is 43.3 Å². The van der Waals surface area contributed by atoms with E-state index in [-0.39, 0.29) is 33.7 Å². The maximum absolute atomic E-state index is 13.7. The first-order valence-electron chi connectivity index (χ1n) is 11.4. The summed E-state index contributed by atoms with van der Waals surface area (Å²) in [6.07, 6.45) is 0. The second-order valence-electron chi connectivity index (χ2n) is 8.43. The van der Waals surface area contributed by atoms with Gasteiger partial charge >= 0.3 is 11.3 Å². The third-order valence-corrected chi connectivity index (χ3v) is 7.51. The van der Waals surface area contributed by atoms with Crippen molar-refractivity contribution >= 4 is 45.0 Å². The Morgan fingerprint density at radius 3 is 2.05 bits per heavy atom. The minimum Gasteiger partial charge on any atom is -0.422 e. The van der Waals surface area contributed by atoms with Crippen LogP contribution in [0.25, 0.3) is 77.0 Å². The number of fused-ring (bicyclic) bond motifs is 4. The third kappa shape index (κ3) is 3.26. The molecule has 0 unspecified atom stereocenters. The van der Waals surface area contributed by atoms with Gasteiger partial charge in [-0.3, -0.25) is 0 Å². The predicted octanol–water partition coefficient (Wildman–Crippen LogP) is 3.18. The second-order valence-corrected chi connectivity index (χ2v) is 9.90. The van der Waals surface area contributed by atoms with E-state index in [1.165, 1.54) is 0 Å². The van der Waals surface area contributed by atoms with E-state index >= 15 is 0 Å². The summed E-state index contributed by atoms with van der Waals surface area (Å²) in [6, 6.07) is 13.6. The first-order chi connectivity index (χ1) is 19.7. The number of hydrogen-bond donors (Lipinski definition) is 0. The minimum atomic E-state index is -0.793. The molecule has 0 amide bonds. The summed E-state index contributed by atoms with van der Waals surface area (Å²) in [5, 5.41) is 34.3. The monoisotopic (exact) mass is 564 g/mol. The fourth-order valence-corrected chi connectivity index (χ4v) is 5.62. The van der Waals surface area contributed by atoms with E-state index < -0.39 is 11.3 Å². The fourth-order valence-electron chi connectivity index (χ4n) is 4.63. The lowest BCUT2D eigenvalue weighted by molar-refractivity contribution is 0.553. The topological polar surface area (TPSA) is 189 Å². The molecule has 4 aliphatic rings. The molecule has 14 nitrogen and oxygen atoms in total. The van der Waals surface area contributed by atoms with Gasteiger partial charge in [0.1, 0.15) is 22.6 Å². The molecule has 0 saturated carbocycles. The van der Waals surface area contributed by atoms with Gasteiger partial charge in [0.15, 0.2) is 21.4 Å². The Hall–Kier alpha value is -5.48. The highest BCUT2D eigenvalue weighted by atomic mass is 32.1. The summed E-state index contributed by atoms with van der Waals surface area (Å²) < 4.78 is 19.6. The maximum Gasteiger partial charge on any atom is 0.345 e. The van der Waals surface area contributed by atoms with Crippen molar-refractivity contribution in [2.45, 2.75) is 0 Å². The van der Waals surface area contributed by atoms with E-state index in [1.807, 2.05) is 0 Å². The molecule has 16 heteroatoms. The van der Waals surface area contributed by atoms with Crippen LogP contribution in [-0.2, 0) is 0 Å². The number of nitrogens with zero attached hydrogens (tertiary/aromatic N) is 10. The molecule has 0 bridgehead atoms. The van der Waals surface area contributed by atoms with Gasteiger partial charge in [-0.05, 0) is 28.6 Å². The first kappa shape index (κ1) is 22.5. The average Bonchev–Trinajstić information content (AvgIpc) is 3.66. The zero-order valence-electron chi connectivity index (χ0n) is 19.5. The highest BCUT2D eigenvalue weighted by Gasteiger charge is 2.30. The van der Waals surface area contributed by atoms with Crippen molar-refractivity contribution in [3.05, 3.63) is 69.4 Å². The molecule has 0 saturated heterocycles. The van der Waals surface area contributed by atoms with Crippen LogP contribution in [0.4, 0.5) is 0 Å². The van der Waals surface area contributed by atoms with Gasteiger partial charge in [0.25, 0.3) is 0 Å². The summed E-state index contributed by atoms with van der Waals surface area (Å²) >= 11 is 2.02. The number of hydrogen-bond acceptors (Lipinski definition) is 16. The van der Waals surface area contributed by atoms with Crippen LogP contribution in [-0.4, -0.2) is 50.0 Å². The summed E-state index contributed by atoms with van der Waals surface area (Å²) in [5.41, 5.74) is 0.780. The van der Waals surface area contributed by atoms with Crippen molar-refractivity contribution in [3.63, 3.8) is 0 Å². The lowest BCUT2D eigenvalue weighted by Gasteiger charge is -2.14. The van der Waals surface area contributed by atoms with Crippen LogP contribution in [0, 0.1) is 0 Å². The fraction of sp³-hybridized carbons (Fsp3) is 0. The lowest BCUT2D eigenvalue weighted by Crippen LogP contribution is -2.14. The van der Waals surface area contributed by atoms with Crippen LogP contribution in [0.5, 0.6) is 0 Å². The maximum atomic E-state index is 13.7. The molecule has 0 radical (unpaired) electrons. The van der Waals surface area contributed by atoms with Crippen LogP contribution in [0.15, 0.2) is 67.0 Å². The lowest BCUT2D eigenvalue weighted by atomic mass is 9.92. The van der Waals surface area contributed by atoms with Crippen molar-refractivity contribution in [1.29, 1.82) is 0 Å². The summed E-state index contributed by atoms with van der Waals surface area (Å²) in [6.45, 7) is 0. The molecule has 0 spiro atoms. The van der Waals surface area contributed by atoms with Crippen molar-refractivity contribution in [2.75, 3.05) is 0 Å². The molecule has 0 atom stereocenters. The van der Waals surface area contributed by atoms with Crippen LogP contribution in [0.2, 0.25) is 0 Å². The molecule has 2 aromatic heterocycles. The van der Waals surface area contributed by atoms with E-state index in [0.717, 1.165) is 23.1 Å². The Morgan fingerprint density at radius 1 is 0.575 bits per heavy atom. The SMILES string of the molecule is O=c1oc2ccccc2cc1-c1c(-c2nnsc3nnnc2-3)c2c(-c3nnsc4nnnc3-4)cccc2oc1=O. The number of para-hydroxylation sites is 1. The highest BCUT2D eigenvalue weighted by Crippen LogP contribution is 2.43. The summed E-state index contributed by atoms with van der Waals surface area (Å²) in [4.78, 5) is 27.1. The summed E-state index contributed by atoms with van der Waals surface area (Å²) in [5.74, 6) is 0. The summed E-state index contributed by atoms with van der Waals surface area (Å²) in [7, 11) is 0. The molecule has 0 aliphatic carbocycles. The standard InChI is InChI=1S/C24H8N10O4S2/c35-23-11(8-9-4-1-2-6-12(9)37-23)15-16(18-20-22(30-32-26-20)40-34-28-18)14-10(5-3-7-13(14)38-24(15)36)17-19-21(29-31-25-19)39-33-27-17/h1-8H. The first-order valence-corrected chi connectivity index (χ1v) is 13.0. The van der Waals surface area contributed by atoms with Crippen LogP contribution >= 0.6 is 23.1 Å². The van der Waals surface area contributed by atoms with E-state index in [9.17, 15) is 9.59 Å². The van der Waals surface area contributed by atoms with Crippen molar-refractivity contribution in [2.24, 2.45) is 0 Å². The number of benzene rings is 2. The Labute approximate surface area is 228 Å².